The van der Waals surface area contributed by atoms with E-state index in [2.05, 4.69) is 0 Å². The smallest absolute Gasteiger partial charge is 0.348 e. The predicted molar refractivity (Wildman–Crippen MR) is 143 cm³/mol. The third-order valence-corrected chi connectivity index (χ3v) is 6.88. The molecule has 10 heteroatoms. The van der Waals surface area contributed by atoms with Crippen molar-refractivity contribution >= 4 is 64.8 Å². The molecule has 2 aromatic carbocycles. The molecule has 0 saturated heterocycles. The third kappa shape index (κ3) is 6.21. The number of para-hydroxylation sites is 1. The maximum absolute atomic E-state index is 12.8. The number of carbonyl (C=O) groups is 3. The first-order valence-electron chi connectivity index (χ1n) is 10.5. The van der Waals surface area contributed by atoms with Crippen LogP contribution in [0.4, 0.5) is 0 Å². The summed E-state index contributed by atoms with van der Waals surface area (Å²) < 4.78 is 15.8. The minimum Gasteiger partial charge on any atom is -0.468 e. The average Bonchev–Trinajstić information content (AvgIpc) is 3.21. The van der Waals surface area contributed by atoms with Crippen LogP contribution in [0.25, 0.3) is 0 Å². The van der Waals surface area contributed by atoms with E-state index in [0.29, 0.717) is 35.2 Å². The van der Waals surface area contributed by atoms with E-state index in [4.69, 9.17) is 25.8 Å². The zero-order valence-electron chi connectivity index (χ0n) is 19.0. The van der Waals surface area contributed by atoms with Crippen molar-refractivity contribution in [3.8, 4) is 10.8 Å². The van der Waals surface area contributed by atoms with Crippen LogP contribution in [-0.4, -0.2) is 36.5 Å². The Kier molecular flexibility index (Phi) is 9.28. The molecule has 1 atom stereocenters. The standard InChI is InChI=1S/C25H22ClNO6S.HI/c1-15(28)32-20-10-6-4-8-18(20)24(29)33-22-13-16-14-27(12-11-21(16)34-22)23(25(30)31-2)17-7-3-5-9-19(17)26;/h3-10,13,23H,11-12,14H2,1-2H3;1H/t23-;/m0./s1. The van der Waals surface area contributed by atoms with Crippen molar-refractivity contribution in [1.82, 2.24) is 4.90 Å². The number of benzene rings is 2. The highest BCUT2D eigenvalue weighted by molar-refractivity contribution is 14.0. The topological polar surface area (TPSA) is 82.1 Å². The number of fused-ring (bicyclic) bond motifs is 1. The van der Waals surface area contributed by atoms with Gasteiger partial charge in [0.05, 0.1) is 7.11 Å². The predicted octanol–water partition coefficient (Wildman–Crippen LogP) is 5.44. The van der Waals surface area contributed by atoms with Gasteiger partial charge in [-0.15, -0.1) is 35.3 Å². The molecule has 0 radical (unpaired) electrons. The van der Waals surface area contributed by atoms with Gasteiger partial charge in [0.25, 0.3) is 0 Å². The van der Waals surface area contributed by atoms with E-state index in [-0.39, 0.29) is 41.3 Å². The van der Waals surface area contributed by atoms with Crippen LogP contribution >= 0.6 is 46.9 Å². The second-order valence-electron chi connectivity index (χ2n) is 7.66. The molecule has 184 valence electrons. The molecular weight excluding hydrogens is 605 g/mol. The Morgan fingerprint density at radius 1 is 1.06 bits per heavy atom. The minimum atomic E-state index is -0.645. The van der Waals surface area contributed by atoms with Gasteiger partial charge in [-0.05, 0) is 41.8 Å². The molecule has 0 N–H and O–H groups in total. The fourth-order valence-corrected chi connectivity index (χ4v) is 5.15. The Morgan fingerprint density at radius 3 is 2.49 bits per heavy atom. The van der Waals surface area contributed by atoms with Gasteiger partial charge >= 0.3 is 17.9 Å². The van der Waals surface area contributed by atoms with Crippen LogP contribution in [0, 0.1) is 0 Å². The van der Waals surface area contributed by atoms with Gasteiger partial charge in [0, 0.05) is 29.9 Å². The fraction of sp³-hybridized carbons (Fsp3) is 0.240. The van der Waals surface area contributed by atoms with Gasteiger partial charge in [-0.25, -0.2) is 9.59 Å². The first-order valence-corrected chi connectivity index (χ1v) is 11.7. The summed E-state index contributed by atoms with van der Waals surface area (Å²) in [4.78, 5) is 39.8. The number of ether oxygens (including phenoxy) is 3. The van der Waals surface area contributed by atoms with E-state index < -0.39 is 18.0 Å². The van der Waals surface area contributed by atoms with Gasteiger partial charge in [-0.3, -0.25) is 9.69 Å². The summed E-state index contributed by atoms with van der Waals surface area (Å²) in [6.45, 7) is 2.35. The fourth-order valence-electron chi connectivity index (χ4n) is 3.90. The number of hydrogen-bond donors (Lipinski definition) is 0. The lowest BCUT2D eigenvalue weighted by atomic mass is 10.0. The quantitative estimate of drug-likeness (QED) is 0.205. The third-order valence-electron chi connectivity index (χ3n) is 5.42. The summed E-state index contributed by atoms with van der Waals surface area (Å²) in [6, 6.07) is 14.8. The van der Waals surface area contributed by atoms with Crippen molar-refractivity contribution in [2.45, 2.75) is 25.9 Å². The molecule has 1 aromatic heterocycles. The van der Waals surface area contributed by atoms with Gasteiger partial charge in [-0.1, -0.05) is 41.9 Å². The molecule has 0 amide bonds. The summed E-state index contributed by atoms with van der Waals surface area (Å²) in [5.74, 6) is -1.38. The molecule has 3 aromatic rings. The normalized spacial score (nSPS) is 13.7. The van der Waals surface area contributed by atoms with Gasteiger partial charge in [0.15, 0.2) is 5.06 Å². The lowest BCUT2D eigenvalue weighted by Crippen LogP contribution is -2.38. The number of hydrogen-bond acceptors (Lipinski definition) is 8. The zero-order valence-corrected chi connectivity index (χ0v) is 22.9. The van der Waals surface area contributed by atoms with E-state index >= 15 is 0 Å². The van der Waals surface area contributed by atoms with Crippen LogP contribution in [0.15, 0.2) is 54.6 Å². The zero-order chi connectivity index (χ0) is 24.2. The summed E-state index contributed by atoms with van der Waals surface area (Å²) >= 11 is 7.77. The number of esters is 3. The van der Waals surface area contributed by atoms with E-state index in [1.54, 1.807) is 30.3 Å². The van der Waals surface area contributed by atoms with E-state index in [9.17, 15) is 14.4 Å². The molecule has 7 nitrogen and oxygen atoms in total. The Morgan fingerprint density at radius 2 is 1.77 bits per heavy atom. The highest BCUT2D eigenvalue weighted by atomic mass is 127. The summed E-state index contributed by atoms with van der Waals surface area (Å²) in [5.41, 5.74) is 1.81. The SMILES string of the molecule is COC(=O)[C@H](c1ccccc1Cl)N1CCc2sc(OC(=O)c3ccccc3OC(C)=O)cc2C1.I. The van der Waals surface area contributed by atoms with Gasteiger partial charge in [0.2, 0.25) is 0 Å². The van der Waals surface area contributed by atoms with Gasteiger partial charge < -0.3 is 14.2 Å². The lowest BCUT2D eigenvalue weighted by molar-refractivity contribution is -0.147. The Balaban J connectivity index is 0.00000342. The van der Waals surface area contributed by atoms with Crippen LogP contribution < -0.4 is 9.47 Å². The molecular formula is C25H23ClINO6S. The molecule has 1 aliphatic heterocycles. The number of thiophene rings is 1. The Labute approximate surface area is 228 Å². The first-order chi connectivity index (χ1) is 16.4. The van der Waals surface area contributed by atoms with Crippen LogP contribution in [0.2, 0.25) is 5.02 Å². The lowest BCUT2D eigenvalue weighted by Gasteiger charge is -2.33. The number of carbonyl (C=O) groups excluding carboxylic acids is 3. The Bertz CT molecular complexity index is 1250. The van der Waals surface area contributed by atoms with Crippen LogP contribution in [0.5, 0.6) is 10.8 Å². The van der Waals surface area contributed by atoms with Crippen molar-refractivity contribution < 1.29 is 28.6 Å². The molecule has 2 heterocycles. The summed E-state index contributed by atoms with van der Waals surface area (Å²) in [5, 5.41) is 0.928. The molecule has 0 unspecified atom stereocenters. The maximum atomic E-state index is 12.8. The molecule has 0 aliphatic carbocycles. The molecule has 1 aliphatic rings. The number of nitrogens with zero attached hydrogens (tertiary/aromatic N) is 1. The van der Waals surface area contributed by atoms with E-state index in [0.717, 1.165) is 10.4 Å². The summed E-state index contributed by atoms with van der Waals surface area (Å²) in [6.07, 6.45) is 0.680. The molecule has 4 rings (SSSR count). The van der Waals surface area contributed by atoms with Crippen molar-refractivity contribution in [2.75, 3.05) is 13.7 Å². The second kappa shape index (κ2) is 12.0. The molecule has 0 bridgehead atoms. The number of rotatable bonds is 6. The summed E-state index contributed by atoms with van der Waals surface area (Å²) in [7, 11) is 1.36. The van der Waals surface area contributed by atoms with Crippen molar-refractivity contribution in [3.05, 3.63) is 81.2 Å². The second-order valence-corrected chi connectivity index (χ2v) is 9.17. The Hall–Kier alpha value is -2.47. The highest BCUT2D eigenvalue weighted by Crippen LogP contribution is 2.38. The first kappa shape index (κ1) is 27.1. The number of methoxy groups -OCH3 is 1. The number of halogens is 2. The van der Waals surface area contributed by atoms with Crippen molar-refractivity contribution in [3.63, 3.8) is 0 Å². The van der Waals surface area contributed by atoms with E-state index in [1.807, 2.05) is 23.1 Å². The van der Waals surface area contributed by atoms with Crippen LogP contribution in [0.1, 0.15) is 39.3 Å². The van der Waals surface area contributed by atoms with Gasteiger partial charge in [-0.2, -0.15) is 0 Å². The van der Waals surface area contributed by atoms with Crippen LogP contribution in [-0.2, 0) is 27.3 Å². The van der Waals surface area contributed by atoms with E-state index in [1.165, 1.54) is 31.4 Å². The molecule has 0 fully saturated rings. The van der Waals surface area contributed by atoms with Crippen molar-refractivity contribution in [2.24, 2.45) is 0 Å². The van der Waals surface area contributed by atoms with Crippen molar-refractivity contribution in [1.29, 1.82) is 0 Å². The molecule has 35 heavy (non-hydrogen) atoms. The maximum Gasteiger partial charge on any atom is 0.348 e. The molecule has 0 spiro atoms. The minimum absolute atomic E-state index is 0. The molecule has 0 saturated carbocycles. The average molecular weight is 628 g/mol. The van der Waals surface area contributed by atoms with Gasteiger partial charge in [0.1, 0.15) is 17.4 Å². The highest BCUT2D eigenvalue weighted by Gasteiger charge is 2.33. The van der Waals surface area contributed by atoms with Crippen LogP contribution in [0.3, 0.4) is 0 Å². The monoisotopic (exact) mass is 627 g/mol. The largest absolute Gasteiger partial charge is 0.468 e.